The van der Waals surface area contributed by atoms with Crippen LogP contribution in [0.2, 0.25) is 0 Å². The summed E-state index contributed by atoms with van der Waals surface area (Å²) < 4.78 is 5.07. The second-order valence-corrected chi connectivity index (χ2v) is 3.29. The van der Waals surface area contributed by atoms with Gasteiger partial charge in [-0.1, -0.05) is 36.4 Å². The largest absolute Gasteiger partial charge is 0.463 e. The Morgan fingerprint density at radius 2 is 1.82 bits per heavy atom. The van der Waals surface area contributed by atoms with Crippen LogP contribution >= 0.6 is 0 Å². The van der Waals surface area contributed by atoms with Crippen molar-refractivity contribution in [1.29, 1.82) is 0 Å². The molecule has 0 amide bonds. The number of allylic oxidation sites excluding steroid dienone is 1. The molecule has 0 fully saturated rings. The maximum atomic E-state index is 5.07. The lowest BCUT2D eigenvalue weighted by Crippen LogP contribution is -1.72. The van der Waals surface area contributed by atoms with Gasteiger partial charge in [0.05, 0.1) is 12.5 Å². The maximum Gasteiger partial charge on any atom is 0.146 e. The molecule has 0 aliphatic heterocycles. The summed E-state index contributed by atoms with van der Waals surface area (Å²) in [7, 11) is 0. The molecule has 3 heteroatoms. The third kappa shape index (κ3) is 3.91. The molecule has 1 aromatic carbocycles. The summed E-state index contributed by atoms with van der Waals surface area (Å²) in [5.41, 5.74) is 1.13. The Labute approximate surface area is 99.8 Å². The lowest BCUT2D eigenvalue weighted by Gasteiger charge is -1.87. The van der Waals surface area contributed by atoms with Gasteiger partial charge in [0.15, 0.2) is 0 Å². The van der Waals surface area contributed by atoms with Crippen molar-refractivity contribution >= 4 is 18.5 Å². The minimum absolute atomic E-state index is 0.689. The molecular formula is C14H12N2O. The normalized spacial score (nSPS) is 12.0. The molecule has 0 aliphatic rings. The molecule has 0 bridgehead atoms. The van der Waals surface area contributed by atoms with Crippen LogP contribution in [0.3, 0.4) is 0 Å². The Morgan fingerprint density at radius 3 is 2.59 bits per heavy atom. The van der Waals surface area contributed by atoms with Gasteiger partial charge in [0, 0.05) is 6.21 Å². The predicted molar refractivity (Wildman–Crippen MR) is 70.3 cm³/mol. The van der Waals surface area contributed by atoms with Gasteiger partial charge in [-0.25, -0.2) is 0 Å². The predicted octanol–water partition coefficient (Wildman–Crippen LogP) is 3.40. The van der Waals surface area contributed by atoms with Gasteiger partial charge in [0.1, 0.15) is 5.76 Å². The van der Waals surface area contributed by atoms with Crippen LogP contribution in [-0.2, 0) is 0 Å². The molecule has 2 aromatic rings. The van der Waals surface area contributed by atoms with Crippen molar-refractivity contribution < 1.29 is 4.42 Å². The van der Waals surface area contributed by atoms with Crippen LogP contribution in [-0.4, -0.2) is 12.4 Å². The standard InChI is InChI=1S/C14H12N2O/c1-2-6-13(7-3-1)8-4-10-15-16-12-14-9-5-11-17-14/h1-12H. The fraction of sp³-hybridized carbons (Fsp3) is 0. The Bertz CT molecular complexity index is 510. The quantitative estimate of drug-likeness (QED) is 0.579. The first kappa shape index (κ1) is 11.1. The van der Waals surface area contributed by atoms with Crippen LogP contribution in [0.15, 0.2) is 69.4 Å². The fourth-order valence-corrected chi connectivity index (χ4v) is 1.25. The molecule has 0 aliphatic carbocycles. The van der Waals surface area contributed by atoms with Gasteiger partial charge < -0.3 is 4.42 Å². The molecular weight excluding hydrogens is 212 g/mol. The fourth-order valence-electron chi connectivity index (χ4n) is 1.25. The first-order chi connectivity index (χ1) is 8.45. The number of rotatable bonds is 4. The van der Waals surface area contributed by atoms with Crippen LogP contribution < -0.4 is 0 Å². The second kappa shape index (κ2) is 6.23. The van der Waals surface area contributed by atoms with E-state index in [1.165, 1.54) is 0 Å². The molecule has 0 radical (unpaired) electrons. The zero-order valence-electron chi connectivity index (χ0n) is 9.23. The highest BCUT2D eigenvalue weighted by atomic mass is 16.3. The van der Waals surface area contributed by atoms with Crippen molar-refractivity contribution in [3.63, 3.8) is 0 Å². The molecule has 1 aromatic heterocycles. The lowest BCUT2D eigenvalue weighted by molar-refractivity contribution is 0.560. The maximum absolute atomic E-state index is 5.07. The topological polar surface area (TPSA) is 37.9 Å². The summed E-state index contributed by atoms with van der Waals surface area (Å²) >= 11 is 0. The van der Waals surface area contributed by atoms with Crippen molar-refractivity contribution in [3.05, 3.63) is 66.1 Å². The van der Waals surface area contributed by atoms with Crippen molar-refractivity contribution in [2.24, 2.45) is 10.2 Å². The average molecular weight is 224 g/mol. The van der Waals surface area contributed by atoms with Crippen LogP contribution in [0.1, 0.15) is 11.3 Å². The molecule has 0 saturated heterocycles. The van der Waals surface area contributed by atoms with Crippen LogP contribution in [0.5, 0.6) is 0 Å². The number of hydrogen-bond acceptors (Lipinski definition) is 3. The molecule has 0 unspecified atom stereocenters. The first-order valence-corrected chi connectivity index (χ1v) is 5.27. The molecule has 3 nitrogen and oxygen atoms in total. The lowest BCUT2D eigenvalue weighted by atomic mass is 10.2. The summed E-state index contributed by atoms with van der Waals surface area (Å²) in [6.07, 6.45) is 8.60. The molecule has 0 saturated carbocycles. The highest BCUT2D eigenvalue weighted by molar-refractivity contribution is 5.80. The highest BCUT2D eigenvalue weighted by Crippen LogP contribution is 1.99. The molecule has 0 atom stereocenters. The van der Waals surface area contributed by atoms with Crippen molar-refractivity contribution in [1.82, 2.24) is 0 Å². The van der Waals surface area contributed by atoms with Gasteiger partial charge in [0.2, 0.25) is 0 Å². The van der Waals surface area contributed by atoms with Gasteiger partial charge >= 0.3 is 0 Å². The minimum atomic E-state index is 0.689. The SMILES string of the molecule is C(=Cc1ccccc1)C=NN=Cc1ccco1. The summed E-state index contributed by atoms with van der Waals surface area (Å²) in [5, 5.41) is 7.70. The van der Waals surface area contributed by atoms with Crippen LogP contribution in [0.25, 0.3) is 6.08 Å². The van der Waals surface area contributed by atoms with E-state index in [0.29, 0.717) is 5.76 Å². The van der Waals surface area contributed by atoms with Crippen molar-refractivity contribution in [2.45, 2.75) is 0 Å². The minimum Gasteiger partial charge on any atom is -0.463 e. The van der Waals surface area contributed by atoms with E-state index in [1.54, 1.807) is 24.8 Å². The third-order valence-electron chi connectivity index (χ3n) is 2.04. The molecule has 17 heavy (non-hydrogen) atoms. The van der Waals surface area contributed by atoms with Gasteiger partial charge in [-0.15, -0.1) is 0 Å². The average Bonchev–Trinajstić information content (AvgIpc) is 2.88. The van der Waals surface area contributed by atoms with E-state index in [4.69, 9.17) is 4.42 Å². The van der Waals surface area contributed by atoms with E-state index >= 15 is 0 Å². The molecule has 0 N–H and O–H groups in total. The number of furan rings is 1. The molecule has 1 heterocycles. The summed E-state index contributed by atoms with van der Waals surface area (Å²) in [4.78, 5) is 0. The van der Waals surface area contributed by atoms with E-state index in [-0.39, 0.29) is 0 Å². The first-order valence-electron chi connectivity index (χ1n) is 5.27. The number of hydrogen-bond donors (Lipinski definition) is 0. The van der Waals surface area contributed by atoms with E-state index in [9.17, 15) is 0 Å². The summed E-state index contributed by atoms with van der Waals surface area (Å²) in [6.45, 7) is 0. The van der Waals surface area contributed by atoms with E-state index < -0.39 is 0 Å². The zero-order valence-corrected chi connectivity index (χ0v) is 9.23. The Hall–Kier alpha value is -2.42. The summed E-state index contributed by atoms with van der Waals surface area (Å²) in [6, 6.07) is 13.6. The monoisotopic (exact) mass is 224 g/mol. The Morgan fingerprint density at radius 1 is 0.941 bits per heavy atom. The Kier molecular flexibility index (Phi) is 4.06. The molecule has 2 rings (SSSR count). The second-order valence-electron chi connectivity index (χ2n) is 3.29. The van der Waals surface area contributed by atoms with Crippen molar-refractivity contribution in [2.75, 3.05) is 0 Å². The van der Waals surface area contributed by atoms with Gasteiger partial charge in [-0.05, 0) is 23.8 Å². The van der Waals surface area contributed by atoms with Gasteiger partial charge in [-0.3, -0.25) is 0 Å². The number of benzene rings is 1. The van der Waals surface area contributed by atoms with Crippen LogP contribution in [0.4, 0.5) is 0 Å². The smallest absolute Gasteiger partial charge is 0.146 e. The zero-order chi connectivity index (χ0) is 11.8. The van der Waals surface area contributed by atoms with E-state index in [1.807, 2.05) is 48.6 Å². The van der Waals surface area contributed by atoms with E-state index in [0.717, 1.165) is 5.56 Å². The van der Waals surface area contributed by atoms with E-state index in [2.05, 4.69) is 10.2 Å². The van der Waals surface area contributed by atoms with Gasteiger partial charge in [-0.2, -0.15) is 10.2 Å². The van der Waals surface area contributed by atoms with Crippen molar-refractivity contribution in [3.8, 4) is 0 Å². The molecule has 0 spiro atoms. The summed E-state index contributed by atoms with van der Waals surface area (Å²) in [5.74, 6) is 0.689. The Balaban J connectivity index is 1.84. The molecule has 84 valence electrons. The van der Waals surface area contributed by atoms with Crippen LogP contribution in [0, 0.1) is 0 Å². The van der Waals surface area contributed by atoms with Gasteiger partial charge in [0.25, 0.3) is 0 Å². The third-order valence-corrected chi connectivity index (χ3v) is 2.04. The highest BCUT2D eigenvalue weighted by Gasteiger charge is 1.85. The number of nitrogens with zero attached hydrogens (tertiary/aromatic N) is 2.